The van der Waals surface area contributed by atoms with Crippen LogP contribution in [0.5, 0.6) is 0 Å². The Kier molecular flexibility index (Phi) is 4.52. The van der Waals surface area contributed by atoms with Gasteiger partial charge < -0.3 is 0 Å². The predicted octanol–water partition coefficient (Wildman–Crippen LogP) is 8.15. The lowest BCUT2D eigenvalue weighted by atomic mass is 9.36. The Morgan fingerprint density at radius 2 is 1.52 bits per heavy atom. The summed E-state index contributed by atoms with van der Waals surface area (Å²) in [6, 6.07) is 0. The van der Waals surface area contributed by atoms with E-state index in [0.717, 1.165) is 30.6 Å². The Morgan fingerprint density at radius 1 is 0.806 bits per heavy atom. The second kappa shape index (κ2) is 6.38. The zero-order valence-electron chi connectivity index (χ0n) is 21.5. The molecule has 5 rings (SSSR count). The molecule has 0 bridgehead atoms. The molecular formula is C30H46O. The van der Waals surface area contributed by atoms with Crippen molar-refractivity contribution < 1.29 is 4.79 Å². The van der Waals surface area contributed by atoms with E-state index in [4.69, 9.17) is 0 Å². The summed E-state index contributed by atoms with van der Waals surface area (Å²) >= 11 is 0. The van der Waals surface area contributed by atoms with Gasteiger partial charge in [0.15, 0.2) is 0 Å². The van der Waals surface area contributed by atoms with Crippen LogP contribution in [0.2, 0.25) is 0 Å². The maximum Gasteiger partial charge on any atom is 0.138 e. The Balaban J connectivity index is 1.65. The van der Waals surface area contributed by atoms with E-state index in [1.54, 1.807) is 11.1 Å². The van der Waals surface area contributed by atoms with E-state index in [2.05, 4.69) is 67.5 Å². The molecule has 1 heteroatoms. The highest BCUT2D eigenvalue weighted by Gasteiger charge is 2.65. The number of carbonyl (C=O) groups is 1. The van der Waals surface area contributed by atoms with E-state index in [9.17, 15) is 4.79 Å². The molecule has 0 N–H and O–H groups in total. The molecule has 0 aromatic carbocycles. The fraction of sp³-hybridized carbons (Fsp3) is 0.833. The number of allylic oxidation sites excluding steroid dienone is 4. The largest absolute Gasteiger partial charge is 0.299 e. The van der Waals surface area contributed by atoms with Gasteiger partial charge in [0.1, 0.15) is 5.78 Å². The van der Waals surface area contributed by atoms with E-state index in [1.807, 2.05) is 0 Å². The van der Waals surface area contributed by atoms with Crippen molar-refractivity contribution in [3.8, 4) is 0 Å². The van der Waals surface area contributed by atoms with Gasteiger partial charge in [0.25, 0.3) is 0 Å². The molecule has 0 radical (unpaired) electrons. The van der Waals surface area contributed by atoms with Crippen molar-refractivity contribution in [1.82, 2.24) is 0 Å². The molecule has 5 aliphatic carbocycles. The van der Waals surface area contributed by atoms with Crippen LogP contribution >= 0.6 is 0 Å². The highest BCUT2D eigenvalue weighted by molar-refractivity contribution is 5.85. The zero-order valence-corrected chi connectivity index (χ0v) is 21.5. The van der Waals surface area contributed by atoms with Crippen molar-refractivity contribution >= 4 is 5.78 Å². The first-order valence-electron chi connectivity index (χ1n) is 13.3. The molecule has 8 atom stereocenters. The van der Waals surface area contributed by atoms with Gasteiger partial charge in [-0.2, -0.15) is 0 Å². The third-order valence-electron chi connectivity index (χ3n) is 12.5. The number of hydrogen-bond donors (Lipinski definition) is 0. The molecule has 0 heterocycles. The zero-order chi connectivity index (χ0) is 22.6. The van der Waals surface area contributed by atoms with Gasteiger partial charge in [-0.3, -0.25) is 4.79 Å². The molecule has 0 spiro atoms. The number of hydrogen-bond acceptors (Lipinski definition) is 1. The standard InChI is InChI=1S/C30H46O/c1-19-11-14-27(5)17-18-29(7)21(25(27)20(19)2)9-10-23-28(6)15-13-24(31)26(3,4)22(28)12-16-30(23,29)8/h9-10,19-20,22,25H,11-18H2,1-8H3/t19-,20+,22-,25+,27-,28+,29-,30-/m1/s1. The van der Waals surface area contributed by atoms with E-state index in [1.165, 1.54) is 38.5 Å². The first-order chi connectivity index (χ1) is 14.3. The Labute approximate surface area is 191 Å². The van der Waals surface area contributed by atoms with E-state index in [0.29, 0.717) is 17.1 Å². The summed E-state index contributed by atoms with van der Waals surface area (Å²) in [5, 5.41) is 0. The third kappa shape index (κ3) is 2.53. The topological polar surface area (TPSA) is 17.1 Å². The summed E-state index contributed by atoms with van der Waals surface area (Å²) < 4.78 is 0. The summed E-state index contributed by atoms with van der Waals surface area (Å²) in [7, 11) is 0. The SMILES string of the molecule is C[C@H]1[C@H](C)CC[C@]2(C)CC[C@]3(C)C(=CC=C4[C@@]5(C)CCC(=O)C(C)(C)[C@H]5CC[C@]43C)[C@H]12. The lowest BCUT2D eigenvalue weighted by molar-refractivity contribution is -0.144. The predicted molar refractivity (Wildman–Crippen MR) is 130 cm³/mol. The minimum absolute atomic E-state index is 0.168. The molecule has 1 nitrogen and oxygen atoms in total. The average Bonchev–Trinajstić information content (AvgIpc) is 2.69. The lowest BCUT2D eigenvalue weighted by Crippen LogP contribution is -2.60. The normalized spacial score (nSPS) is 53.4. The van der Waals surface area contributed by atoms with Crippen molar-refractivity contribution in [1.29, 1.82) is 0 Å². The van der Waals surface area contributed by atoms with Gasteiger partial charge in [0.2, 0.25) is 0 Å². The van der Waals surface area contributed by atoms with E-state index >= 15 is 0 Å². The number of Topliss-reactive ketones (excluding diaryl/α,β-unsaturated/α-hetero) is 1. The minimum Gasteiger partial charge on any atom is -0.299 e. The van der Waals surface area contributed by atoms with Crippen LogP contribution in [0.3, 0.4) is 0 Å². The van der Waals surface area contributed by atoms with Crippen molar-refractivity contribution in [3.05, 3.63) is 23.3 Å². The molecule has 0 amide bonds. The maximum absolute atomic E-state index is 12.9. The summed E-state index contributed by atoms with van der Waals surface area (Å²) in [5.74, 6) is 3.33. The molecule has 0 unspecified atom stereocenters. The summed E-state index contributed by atoms with van der Waals surface area (Å²) in [6.07, 6.45) is 15.0. The van der Waals surface area contributed by atoms with Crippen LogP contribution in [-0.2, 0) is 4.79 Å². The number of carbonyl (C=O) groups excluding carboxylic acids is 1. The number of fused-ring (bicyclic) bond motifs is 7. The van der Waals surface area contributed by atoms with Crippen LogP contribution in [0, 0.1) is 50.7 Å². The Hall–Kier alpha value is -0.850. The monoisotopic (exact) mass is 422 g/mol. The van der Waals surface area contributed by atoms with Crippen molar-refractivity contribution in [3.63, 3.8) is 0 Å². The van der Waals surface area contributed by atoms with Gasteiger partial charge in [0.05, 0.1) is 0 Å². The van der Waals surface area contributed by atoms with Gasteiger partial charge >= 0.3 is 0 Å². The van der Waals surface area contributed by atoms with Gasteiger partial charge in [-0.1, -0.05) is 78.7 Å². The van der Waals surface area contributed by atoms with Crippen molar-refractivity contribution in [2.24, 2.45) is 50.7 Å². The van der Waals surface area contributed by atoms with Crippen molar-refractivity contribution in [2.45, 2.75) is 107 Å². The first-order valence-corrected chi connectivity index (χ1v) is 13.3. The average molecular weight is 423 g/mol. The first kappa shape index (κ1) is 22.0. The highest BCUT2D eigenvalue weighted by atomic mass is 16.1. The molecule has 4 fully saturated rings. The highest BCUT2D eigenvalue weighted by Crippen LogP contribution is 2.74. The molecule has 0 aromatic heterocycles. The molecule has 0 aromatic rings. The smallest absolute Gasteiger partial charge is 0.138 e. The summed E-state index contributed by atoms with van der Waals surface area (Å²) in [4.78, 5) is 12.9. The molecule has 0 aliphatic heterocycles. The summed E-state index contributed by atoms with van der Waals surface area (Å²) in [5.41, 5.74) is 4.47. The van der Waals surface area contributed by atoms with Gasteiger partial charge in [-0.25, -0.2) is 0 Å². The maximum atomic E-state index is 12.9. The van der Waals surface area contributed by atoms with Crippen LogP contribution < -0.4 is 0 Å². The molecule has 31 heavy (non-hydrogen) atoms. The molecule has 172 valence electrons. The van der Waals surface area contributed by atoms with Crippen molar-refractivity contribution in [2.75, 3.05) is 0 Å². The lowest BCUT2D eigenvalue weighted by Gasteiger charge is -2.68. The van der Waals surface area contributed by atoms with Crippen LogP contribution in [0.1, 0.15) is 107 Å². The Bertz CT molecular complexity index is 875. The van der Waals surface area contributed by atoms with E-state index in [-0.39, 0.29) is 21.7 Å². The van der Waals surface area contributed by atoms with E-state index < -0.39 is 0 Å². The van der Waals surface area contributed by atoms with Crippen LogP contribution in [-0.4, -0.2) is 5.78 Å². The van der Waals surface area contributed by atoms with Gasteiger partial charge in [0, 0.05) is 11.8 Å². The molecule has 4 saturated carbocycles. The second-order valence-electron chi connectivity index (χ2n) is 14.0. The number of ketones is 1. The fourth-order valence-electron chi connectivity index (χ4n) is 9.96. The van der Waals surface area contributed by atoms with Gasteiger partial charge in [-0.05, 0) is 90.3 Å². The fourth-order valence-corrected chi connectivity index (χ4v) is 9.96. The number of rotatable bonds is 0. The quantitative estimate of drug-likeness (QED) is 0.385. The molecule has 0 saturated heterocycles. The minimum atomic E-state index is -0.182. The van der Waals surface area contributed by atoms with Gasteiger partial charge in [-0.15, -0.1) is 0 Å². The van der Waals surface area contributed by atoms with Crippen LogP contribution in [0.4, 0.5) is 0 Å². The third-order valence-corrected chi connectivity index (χ3v) is 12.5. The van der Waals surface area contributed by atoms with Crippen LogP contribution in [0.25, 0.3) is 0 Å². The second-order valence-corrected chi connectivity index (χ2v) is 14.0. The van der Waals surface area contributed by atoms with Crippen LogP contribution in [0.15, 0.2) is 23.3 Å². The molecular weight excluding hydrogens is 376 g/mol. The Morgan fingerprint density at radius 3 is 2.23 bits per heavy atom. The summed E-state index contributed by atoms with van der Waals surface area (Å²) in [6.45, 7) is 19.9. The molecule has 5 aliphatic rings.